The fourth-order valence-corrected chi connectivity index (χ4v) is 5.67. The highest BCUT2D eigenvalue weighted by molar-refractivity contribution is 5.80. The van der Waals surface area contributed by atoms with Gasteiger partial charge in [0.05, 0.1) is 5.56 Å². The van der Waals surface area contributed by atoms with Crippen LogP contribution in [0.4, 0.5) is 18.9 Å². The minimum atomic E-state index is -4.39. The Hall–Kier alpha value is -2.76. The minimum Gasteiger partial charge on any atom is -0.398 e. The summed E-state index contributed by atoms with van der Waals surface area (Å²) < 4.78 is 41.3. The fraction of sp³-hybridized carbons (Fsp3) is 0.483. The molecule has 186 valence electrons. The lowest BCUT2D eigenvalue weighted by Gasteiger charge is -2.24. The van der Waals surface area contributed by atoms with Gasteiger partial charge in [0, 0.05) is 29.6 Å². The van der Waals surface area contributed by atoms with Crippen LogP contribution in [0.15, 0.2) is 40.2 Å². The highest BCUT2D eigenvalue weighted by Crippen LogP contribution is 2.46. The van der Waals surface area contributed by atoms with Crippen LogP contribution >= 0.6 is 0 Å². The lowest BCUT2D eigenvalue weighted by Crippen LogP contribution is -2.26. The van der Waals surface area contributed by atoms with Crippen molar-refractivity contribution in [2.45, 2.75) is 83.9 Å². The molecule has 3 aliphatic carbocycles. The molecule has 2 aromatic rings. The molecule has 2 fully saturated rings. The first-order chi connectivity index (χ1) is 16.7. The monoisotopic (exact) mass is 482 g/mol. The van der Waals surface area contributed by atoms with E-state index in [1.54, 1.807) is 6.07 Å². The van der Waals surface area contributed by atoms with E-state index in [1.807, 2.05) is 17.6 Å². The van der Waals surface area contributed by atoms with Crippen LogP contribution in [-0.4, -0.2) is 4.57 Å². The van der Waals surface area contributed by atoms with E-state index in [-0.39, 0.29) is 17.2 Å². The van der Waals surface area contributed by atoms with Gasteiger partial charge in [0.25, 0.3) is 5.56 Å². The number of benzene rings is 1. The van der Waals surface area contributed by atoms with E-state index >= 15 is 0 Å². The molecule has 0 aliphatic heterocycles. The van der Waals surface area contributed by atoms with Crippen molar-refractivity contribution >= 4 is 17.3 Å². The summed E-state index contributed by atoms with van der Waals surface area (Å²) in [5.74, 6) is 0.729. The Morgan fingerprint density at radius 2 is 1.89 bits per heavy atom. The molecule has 1 heterocycles. The smallest absolute Gasteiger partial charge is 0.398 e. The maximum atomic E-state index is 13.1. The topological polar surface area (TPSA) is 48.0 Å². The lowest BCUT2D eigenvalue weighted by atomic mass is 9.84. The van der Waals surface area contributed by atoms with Gasteiger partial charge in [0.1, 0.15) is 0 Å². The zero-order valence-electron chi connectivity index (χ0n) is 20.5. The summed E-state index contributed by atoms with van der Waals surface area (Å²) in [6.45, 7) is 4.89. The number of pyridine rings is 1. The van der Waals surface area contributed by atoms with Crippen molar-refractivity contribution in [2.24, 2.45) is 5.92 Å². The number of nitrogens with zero attached hydrogens (tertiary/aromatic N) is 1. The van der Waals surface area contributed by atoms with Gasteiger partial charge in [-0.15, -0.1) is 0 Å². The van der Waals surface area contributed by atoms with E-state index in [1.165, 1.54) is 28.0 Å². The van der Waals surface area contributed by atoms with Crippen molar-refractivity contribution in [1.29, 1.82) is 0 Å². The Morgan fingerprint density at radius 3 is 2.49 bits per heavy atom. The first-order valence-corrected chi connectivity index (χ1v) is 12.8. The molecule has 2 N–H and O–H groups in total. The quantitative estimate of drug-likeness (QED) is 0.420. The molecule has 1 aromatic heterocycles. The number of nitrogen functional groups attached to an aromatic ring is 1. The van der Waals surface area contributed by atoms with E-state index in [2.05, 4.69) is 13.0 Å². The number of anilines is 1. The van der Waals surface area contributed by atoms with Gasteiger partial charge in [-0.05, 0) is 99.0 Å². The molecular formula is C29H33F3N2O. The van der Waals surface area contributed by atoms with Crippen LogP contribution < -0.4 is 11.3 Å². The number of alkyl halides is 3. The Labute approximate surface area is 204 Å². The SMILES string of the molecule is CCn1c2c(c(C3CC3)cc1=O)C=C(CCC(C)C(=C1CC1)c1ccc(C(F)(F)F)cc1N)CC2. The molecule has 5 rings (SSSR count). The van der Waals surface area contributed by atoms with Gasteiger partial charge >= 0.3 is 6.18 Å². The molecule has 0 bridgehead atoms. The normalized spacial score (nSPS) is 18.2. The summed E-state index contributed by atoms with van der Waals surface area (Å²) in [6.07, 6.45) is 5.94. The Balaban J connectivity index is 1.37. The van der Waals surface area contributed by atoms with Gasteiger partial charge in [-0.1, -0.05) is 30.2 Å². The van der Waals surface area contributed by atoms with E-state index in [4.69, 9.17) is 5.73 Å². The third-order valence-electron chi connectivity index (χ3n) is 7.80. The molecular weight excluding hydrogens is 449 g/mol. The Morgan fingerprint density at radius 1 is 1.14 bits per heavy atom. The maximum Gasteiger partial charge on any atom is 0.416 e. The van der Waals surface area contributed by atoms with Gasteiger partial charge in [-0.3, -0.25) is 4.79 Å². The van der Waals surface area contributed by atoms with Crippen LogP contribution in [0.3, 0.4) is 0 Å². The molecule has 0 amide bonds. The summed E-state index contributed by atoms with van der Waals surface area (Å²) in [6, 6.07) is 5.62. The molecule has 3 nitrogen and oxygen atoms in total. The highest BCUT2D eigenvalue weighted by Gasteiger charge is 2.33. The third kappa shape index (κ3) is 4.85. The molecule has 0 radical (unpaired) electrons. The molecule has 3 aliphatic rings. The number of fused-ring (bicyclic) bond motifs is 1. The van der Waals surface area contributed by atoms with E-state index < -0.39 is 11.7 Å². The summed E-state index contributed by atoms with van der Waals surface area (Å²) in [7, 11) is 0. The largest absolute Gasteiger partial charge is 0.416 e. The zero-order valence-corrected chi connectivity index (χ0v) is 20.5. The van der Waals surface area contributed by atoms with Crippen molar-refractivity contribution < 1.29 is 13.2 Å². The summed E-state index contributed by atoms with van der Waals surface area (Å²) in [5.41, 5.74) is 14.0. The average Bonchev–Trinajstić information content (AvgIpc) is 3.72. The molecule has 0 saturated heterocycles. The molecule has 35 heavy (non-hydrogen) atoms. The molecule has 1 aromatic carbocycles. The second-order valence-corrected chi connectivity index (χ2v) is 10.4. The second kappa shape index (κ2) is 9.03. The van der Waals surface area contributed by atoms with Crippen molar-refractivity contribution in [3.05, 3.63) is 73.7 Å². The first kappa shape index (κ1) is 24.0. The number of hydrogen-bond acceptors (Lipinski definition) is 2. The second-order valence-electron chi connectivity index (χ2n) is 10.4. The van der Waals surface area contributed by atoms with Crippen LogP contribution in [0.2, 0.25) is 0 Å². The van der Waals surface area contributed by atoms with E-state index in [9.17, 15) is 18.0 Å². The average molecular weight is 483 g/mol. The summed E-state index contributed by atoms with van der Waals surface area (Å²) >= 11 is 0. The van der Waals surface area contributed by atoms with Crippen molar-refractivity contribution in [1.82, 2.24) is 4.57 Å². The molecule has 1 unspecified atom stereocenters. The molecule has 0 spiro atoms. The van der Waals surface area contributed by atoms with Gasteiger partial charge in [0.2, 0.25) is 0 Å². The van der Waals surface area contributed by atoms with Gasteiger partial charge in [0.15, 0.2) is 0 Å². The predicted molar refractivity (Wildman–Crippen MR) is 135 cm³/mol. The maximum absolute atomic E-state index is 13.1. The first-order valence-electron chi connectivity index (χ1n) is 12.8. The predicted octanol–water partition coefficient (Wildman–Crippen LogP) is 7.34. The van der Waals surface area contributed by atoms with E-state index in [0.29, 0.717) is 12.5 Å². The van der Waals surface area contributed by atoms with Crippen LogP contribution in [0, 0.1) is 5.92 Å². The Bertz CT molecular complexity index is 1270. The number of hydrogen-bond donors (Lipinski definition) is 1. The Kier molecular flexibility index (Phi) is 6.18. The number of aromatic nitrogens is 1. The van der Waals surface area contributed by atoms with Gasteiger partial charge in [-0.25, -0.2) is 0 Å². The van der Waals surface area contributed by atoms with E-state index in [0.717, 1.165) is 74.6 Å². The summed E-state index contributed by atoms with van der Waals surface area (Å²) in [4.78, 5) is 12.6. The number of nitrogens with two attached hydrogens (primary N) is 1. The summed E-state index contributed by atoms with van der Waals surface area (Å²) in [5, 5.41) is 0. The zero-order chi connectivity index (χ0) is 24.9. The minimum absolute atomic E-state index is 0.119. The van der Waals surface area contributed by atoms with Crippen molar-refractivity contribution in [3.63, 3.8) is 0 Å². The fourth-order valence-electron chi connectivity index (χ4n) is 5.67. The van der Waals surface area contributed by atoms with Crippen LogP contribution in [0.25, 0.3) is 11.6 Å². The standard InChI is InChI=1S/C29H33F3N2O/c1-3-34-26-13-6-18(14-24(26)23(16-27(34)35)19-7-8-19)5-4-17(2)28(20-9-10-20)22-12-11-21(15-25(22)33)29(30,31)32/h11-12,14-17,19H,3-10,13,33H2,1-2H3. The van der Waals surface area contributed by atoms with Gasteiger partial charge in [-0.2, -0.15) is 13.2 Å². The number of halogens is 3. The van der Waals surface area contributed by atoms with Gasteiger partial charge < -0.3 is 10.3 Å². The molecule has 6 heteroatoms. The third-order valence-corrected chi connectivity index (χ3v) is 7.80. The van der Waals surface area contributed by atoms with Crippen LogP contribution in [0.5, 0.6) is 0 Å². The molecule has 1 atom stereocenters. The number of allylic oxidation sites excluding steroid dienone is 3. The molecule has 2 saturated carbocycles. The number of rotatable bonds is 7. The van der Waals surface area contributed by atoms with Crippen molar-refractivity contribution in [2.75, 3.05) is 5.73 Å². The lowest BCUT2D eigenvalue weighted by molar-refractivity contribution is -0.137. The van der Waals surface area contributed by atoms with Crippen molar-refractivity contribution in [3.8, 4) is 0 Å². The highest BCUT2D eigenvalue weighted by atomic mass is 19.4. The van der Waals surface area contributed by atoms with Crippen LogP contribution in [0.1, 0.15) is 92.7 Å². The van der Waals surface area contributed by atoms with Crippen LogP contribution in [-0.2, 0) is 19.1 Å².